The Balaban J connectivity index is 1.86. The molecule has 0 unspecified atom stereocenters. The molecule has 0 saturated heterocycles. The monoisotopic (exact) mass is 412 g/mol. The van der Waals surface area contributed by atoms with Gasteiger partial charge in [-0.15, -0.1) is 0 Å². The molecule has 144 valence electrons. The van der Waals surface area contributed by atoms with Gasteiger partial charge in [0, 0.05) is 22.3 Å². The fourth-order valence-corrected chi connectivity index (χ4v) is 2.67. The summed E-state index contributed by atoms with van der Waals surface area (Å²) in [7, 11) is 0. The van der Waals surface area contributed by atoms with Crippen molar-refractivity contribution in [1.82, 2.24) is 4.98 Å². The summed E-state index contributed by atoms with van der Waals surface area (Å²) in [5, 5.41) is 2.31. The smallest absolute Gasteiger partial charge is 0.306 e. The molecule has 1 heterocycles. The van der Waals surface area contributed by atoms with E-state index in [9.17, 15) is 26.7 Å². The van der Waals surface area contributed by atoms with Crippen LogP contribution in [-0.4, -0.2) is 10.9 Å². The first kappa shape index (κ1) is 19.8. The fraction of sp³-hybridized carbons (Fsp3) is 0.0526. The number of alkyl halides is 3. The molecular formula is C19H10ClF5N2O. The molecule has 1 aromatic heterocycles. The van der Waals surface area contributed by atoms with Gasteiger partial charge in [0.1, 0.15) is 23.0 Å². The summed E-state index contributed by atoms with van der Waals surface area (Å²) in [4.78, 5) is 15.9. The first-order valence-corrected chi connectivity index (χ1v) is 8.13. The van der Waals surface area contributed by atoms with Crippen LogP contribution in [0.15, 0.2) is 54.7 Å². The molecule has 0 aliphatic rings. The Hall–Kier alpha value is -3.00. The van der Waals surface area contributed by atoms with Crippen LogP contribution in [0.25, 0.3) is 11.1 Å². The number of hydrogen-bond acceptors (Lipinski definition) is 2. The predicted molar refractivity (Wildman–Crippen MR) is 94.0 cm³/mol. The highest BCUT2D eigenvalue weighted by atomic mass is 35.5. The second-order valence-electron chi connectivity index (χ2n) is 5.68. The Morgan fingerprint density at radius 1 is 1.00 bits per heavy atom. The second kappa shape index (κ2) is 7.55. The number of carbonyl (C=O) groups excluding carboxylic acids is 1. The van der Waals surface area contributed by atoms with Crippen LogP contribution in [0.2, 0.25) is 5.02 Å². The van der Waals surface area contributed by atoms with E-state index >= 15 is 0 Å². The highest BCUT2D eigenvalue weighted by molar-refractivity contribution is 6.33. The zero-order chi connectivity index (χ0) is 20.5. The normalized spacial score (nSPS) is 11.4. The molecule has 0 radical (unpaired) electrons. The summed E-state index contributed by atoms with van der Waals surface area (Å²) >= 11 is 5.97. The number of nitrogens with one attached hydrogen (secondary N) is 1. The number of nitrogens with zero attached hydrogens (tertiary/aromatic N) is 1. The van der Waals surface area contributed by atoms with Gasteiger partial charge in [-0.1, -0.05) is 17.7 Å². The maximum atomic E-state index is 13.6. The lowest BCUT2D eigenvalue weighted by atomic mass is 10.0. The zero-order valence-electron chi connectivity index (χ0n) is 13.8. The Kier molecular flexibility index (Phi) is 5.33. The lowest BCUT2D eigenvalue weighted by Gasteiger charge is -2.11. The van der Waals surface area contributed by atoms with Gasteiger partial charge in [-0.05, 0) is 42.5 Å². The van der Waals surface area contributed by atoms with E-state index in [1.165, 1.54) is 18.3 Å². The maximum absolute atomic E-state index is 13.6. The van der Waals surface area contributed by atoms with Crippen molar-refractivity contribution in [1.29, 1.82) is 0 Å². The summed E-state index contributed by atoms with van der Waals surface area (Å²) in [6, 6.07) is 8.51. The quantitative estimate of drug-likeness (QED) is 0.540. The van der Waals surface area contributed by atoms with Crippen molar-refractivity contribution in [2.24, 2.45) is 0 Å². The van der Waals surface area contributed by atoms with Crippen LogP contribution in [0.5, 0.6) is 0 Å². The molecule has 28 heavy (non-hydrogen) atoms. The van der Waals surface area contributed by atoms with Gasteiger partial charge in [-0.25, -0.2) is 13.8 Å². The summed E-state index contributed by atoms with van der Waals surface area (Å²) in [5.41, 5.74) is -1.28. The summed E-state index contributed by atoms with van der Waals surface area (Å²) in [6.45, 7) is 0. The van der Waals surface area contributed by atoms with Crippen LogP contribution < -0.4 is 5.32 Å². The Morgan fingerprint density at radius 3 is 2.25 bits per heavy atom. The minimum atomic E-state index is -4.54. The maximum Gasteiger partial charge on any atom is 0.416 e. The van der Waals surface area contributed by atoms with Gasteiger partial charge in [-0.2, -0.15) is 13.2 Å². The lowest BCUT2D eigenvalue weighted by molar-refractivity contribution is -0.137. The third-order valence-corrected chi connectivity index (χ3v) is 4.13. The first-order chi connectivity index (χ1) is 13.2. The molecule has 3 aromatic rings. The molecule has 2 aromatic carbocycles. The van der Waals surface area contributed by atoms with Gasteiger partial charge in [0.2, 0.25) is 0 Å². The molecule has 0 saturated carbocycles. The standard InChI is InChI=1S/C19H10ClF5N2O/c20-13-6-5-11(19(23,24)25)8-12(13)10-4-7-16(26-9-10)27-18(28)17-14(21)2-1-3-15(17)22/h1-9H,(H,26,27,28). The van der Waals surface area contributed by atoms with Crippen LogP contribution in [-0.2, 0) is 6.18 Å². The molecule has 1 amide bonds. The SMILES string of the molecule is O=C(Nc1ccc(-c2cc(C(F)(F)F)ccc2Cl)cn1)c1c(F)cccc1F. The first-order valence-electron chi connectivity index (χ1n) is 7.75. The molecule has 0 atom stereocenters. The van der Waals surface area contributed by atoms with Gasteiger partial charge < -0.3 is 5.32 Å². The van der Waals surface area contributed by atoms with Gasteiger partial charge in [0.25, 0.3) is 5.91 Å². The number of amides is 1. The van der Waals surface area contributed by atoms with E-state index in [2.05, 4.69) is 10.3 Å². The average Bonchev–Trinajstić information content (AvgIpc) is 2.62. The molecule has 3 rings (SSSR count). The van der Waals surface area contributed by atoms with E-state index in [0.29, 0.717) is 0 Å². The number of aromatic nitrogens is 1. The fourth-order valence-electron chi connectivity index (χ4n) is 2.44. The number of anilines is 1. The summed E-state index contributed by atoms with van der Waals surface area (Å²) in [6.07, 6.45) is -3.35. The van der Waals surface area contributed by atoms with Crippen LogP contribution in [0, 0.1) is 11.6 Å². The molecule has 0 bridgehead atoms. The van der Waals surface area contributed by atoms with Crippen molar-refractivity contribution in [3.05, 3.63) is 82.5 Å². The highest BCUT2D eigenvalue weighted by Crippen LogP contribution is 2.35. The van der Waals surface area contributed by atoms with Gasteiger partial charge in [0.15, 0.2) is 0 Å². The van der Waals surface area contributed by atoms with Crippen molar-refractivity contribution in [3.63, 3.8) is 0 Å². The largest absolute Gasteiger partial charge is 0.416 e. The van der Waals surface area contributed by atoms with Gasteiger partial charge >= 0.3 is 6.18 Å². The van der Waals surface area contributed by atoms with Crippen LogP contribution in [0.1, 0.15) is 15.9 Å². The number of pyridine rings is 1. The average molecular weight is 413 g/mol. The molecular weight excluding hydrogens is 403 g/mol. The highest BCUT2D eigenvalue weighted by Gasteiger charge is 2.31. The third kappa shape index (κ3) is 4.12. The van der Waals surface area contributed by atoms with Gasteiger partial charge in [-0.3, -0.25) is 4.79 Å². The molecule has 0 aliphatic carbocycles. The number of benzene rings is 2. The van der Waals surface area contributed by atoms with Crippen molar-refractivity contribution in [3.8, 4) is 11.1 Å². The molecule has 9 heteroatoms. The summed E-state index contributed by atoms with van der Waals surface area (Å²) < 4.78 is 65.9. The van der Waals surface area contributed by atoms with Crippen LogP contribution in [0.4, 0.5) is 27.8 Å². The molecule has 1 N–H and O–H groups in total. The molecule has 0 aliphatic heterocycles. The number of hydrogen-bond donors (Lipinski definition) is 1. The van der Waals surface area contributed by atoms with E-state index in [1.54, 1.807) is 0 Å². The molecule has 0 spiro atoms. The third-order valence-electron chi connectivity index (χ3n) is 3.80. The van der Waals surface area contributed by atoms with Gasteiger partial charge in [0.05, 0.1) is 5.56 Å². The Bertz CT molecular complexity index is 1020. The van der Waals surface area contributed by atoms with E-state index in [-0.39, 0.29) is 22.0 Å². The zero-order valence-corrected chi connectivity index (χ0v) is 14.6. The minimum absolute atomic E-state index is 0.0421. The summed E-state index contributed by atoms with van der Waals surface area (Å²) in [5.74, 6) is -3.16. The van der Waals surface area contributed by atoms with Crippen molar-refractivity contribution in [2.45, 2.75) is 6.18 Å². The van der Waals surface area contributed by atoms with E-state index in [0.717, 1.165) is 36.4 Å². The van der Waals surface area contributed by atoms with Crippen LogP contribution >= 0.6 is 11.6 Å². The van der Waals surface area contributed by atoms with E-state index < -0.39 is 34.8 Å². The second-order valence-corrected chi connectivity index (χ2v) is 6.08. The van der Waals surface area contributed by atoms with Crippen molar-refractivity contribution < 1.29 is 26.7 Å². The number of rotatable bonds is 3. The van der Waals surface area contributed by atoms with Crippen molar-refractivity contribution >= 4 is 23.3 Å². The van der Waals surface area contributed by atoms with E-state index in [4.69, 9.17) is 11.6 Å². The molecule has 3 nitrogen and oxygen atoms in total. The Labute approximate surface area is 160 Å². The van der Waals surface area contributed by atoms with Crippen LogP contribution in [0.3, 0.4) is 0 Å². The predicted octanol–water partition coefficient (Wildman–Crippen LogP) is 5.95. The Morgan fingerprint density at radius 2 is 1.68 bits per heavy atom. The lowest BCUT2D eigenvalue weighted by Crippen LogP contribution is -2.16. The van der Waals surface area contributed by atoms with Crippen molar-refractivity contribution in [2.75, 3.05) is 5.32 Å². The molecule has 0 fully saturated rings. The minimum Gasteiger partial charge on any atom is -0.306 e. The number of halogens is 6. The topological polar surface area (TPSA) is 42.0 Å². The number of carbonyl (C=O) groups is 1. The van der Waals surface area contributed by atoms with E-state index in [1.807, 2.05) is 0 Å².